The third kappa shape index (κ3) is 7.47. The predicted octanol–water partition coefficient (Wildman–Crippen LogP) is 5.98. The molecule has 2 atom stereocenters. The predicted molar refractivity (Wildman–Crippen MR) is 150 cm³/mol. The summed E-state index contributed by atoms with van der Waals surface area (Å²) in [6, 6.07) is 12.3. The van der Waals surface area contributed by atoms with E-state index in [0.717, 1.165) is 24.9 Å². The lowest BCUT2D eigenvalue weighted by atomic mass is 9.99. The van der Waals surface area contributed by atoms with E-state index in [1.807, 2.05) is 39.0 Å². The zero-order valence-corrected chi connectivity index (χ0v) is 24.2. The van der Waals surface area contributed by atoms with Gasteiger partial charge in [0, 0.05) is 24.5 Å². The molecule has 3 aromatic rings. The molecule has 0 aliphatic carbocycles. The maximum atomic E-state index is 12.6. The summed E-state index contributed by atoms with van der Waals surface area (Å²) in [5.74, 6) is 0.396. The maximum Gasteiger partial charge on any atom is 0.338 e. The van der Waals surface area contributed by atoms with Crippen molar-refractivity contribution >= 4 is 44.7 Å². The van der Waals surface area contributed by atoms with E-state index in [9.17, 15) is 13.2 Å². The molecule has 0 spiro atoms. The minimum absolute atomic E-state index is 0.0413. The van der Waals surface area contributed by atoms with Gasteiger partial charge in [0.2, 0.25) is 0 Å². The lowest BCUT2D eigenvalue weighted by Crippen LogP contribution is -2.43. The summed E-state index contributed by atoms with van der Waals surface area (Å²) < 4.78 is 39.4. The number of benzene rings is 2. The summed E-state index contributed by atoms with van der Waals surface area (Å²) >= 11 is 7.71. The zero-order valence-electron chi connectivity index (χ0n) is 21.8. The van der Waals surface area contributed by atoms with Crippen LogP contribution in [0.25, 0.3) is 0 Å². The molecule has 8 nitrogen and oxygen atoms in total. The van der Waals surface area contributed by atoms with Gasteiger partial charge in [-0.25, -0.2) is 18.2 Å². The maximum absolute atomic E-state index is 12.6. The third-order valence-electron chi connectivity index (χ3n) is 6.09. The first-order chi connectivity index (χ1) is 17.9. The van der Waals surface area contributed by atoms with E-state index >= 15 is 0 Å². The minimum Gasteiger partial charge on any atom is -0.489 e. The van der Waals surface area contributed by atoms with Gasteiger partial charge < -0.3 is 9.47 Å². The number of anilines is 1. The van der Waals surface area contributed by atoms with E-state index in [1.165, 1.54) is 23.5 Å². The second-order valence-electron chi connectivity index (χ2n) is 10.4. The Morgan fingerprint density at radius 3 is 2.68 bits per heavy atom. The molecule has 0 saturated carbocycles. The first kappa shape index (κ1) is 28.4. The van der Waals surface area contributed by atoms with Crippen LogP contribution in [0.3, 0.4) is 0 Å². The van der Waals surface area contributed by atoms with E-state index < -0.39 is 15.6 Å². The fourth-order valence-corrected chi connectivity index (χ4v) is 6.14. The fraction of sp³-hybridized carbons (Fsp3) is 0.407. The summed E-state index contributed by atoms with van der Waals surface area (Å²) in [5, 5.41) is 1.85. The molecule has 11 heteroatoms. The molecule has 38 heavy (non-hydrogen) atoms. The SMILES string of the molecule is C[C@H]1C[C@H](Oc2ccc(S(=O)(=O)Nc3cscn3)cc2Cl)CCN1Cc1cccc(C(=O)OC(C)(C)C)c1. The van der Waals surface area contributed by atoms with Gasteiger partial charge in [-0.1, -0.05) is 23.7 Å². The molecule has 0 bridgehead atoms. The molecular formula is C27H32ClN3O5S2. The highest BCUT2D eigenvalue weighted by Crippen LogP contribution is 2.32. The molecule has 1 aromatic heterocycles. The quantitative estimate of drug-likeness (QED) is 0.329. The molecule has 1 fully saturated rings. The highest BCUT2D eigenvalue weighted by molar-refractivity contribution is 7.92. The Labute approximate surface area is 233 Å². The highest BCUT2D eigenvalue weighted by atomic mass is 35.5. The number of halogens is 1. The van der Waals surface area contributed by atoms with Crippen LogP contribution < -0.4 is 9.46 Å². The Kier molecular flexibility index (Phi) is 8.66. The third-order valence-corrected chi connectivity index (χ3v) is 8.33. The molecular weight excluding hydrogens is 546 g/mol. The molecule has 204 valence electrons. The standard InChI is InChI=1S/C27H32ClN3O5S2/c1-18-12-21(10-11-31(18)15-19-6-5-7-20(13-19)26(32)36-27(2,3)4)35-24-9-8-22(14-23(24)28)38(33,34)30-25-16-37-17-29-25/h5-9,13-14,16-18,21,30H,10-12,15H2,1-4H3/t18-,21+/m0/s1. The fourth-order valence-electron chi connectivity index (χ4n) is 4.27. The number of nitrogens with zero attached hydrogens (tertiary/aromatic N) is 2. The Bertz CT molecular complexity index is 1370. The normalized spacial score (nSPS) is 18.7. The second kappa shape index (κ2) is 11.6. The van der Waals surface area contributed by atoms with Gasteiger partial charge in [0.05, 0.1) is 21.0 Å². The smallest absolute Gasteiger partial charge is 0.338 e. The number of hydrogen-bond donors (Lipinski definition) is 1. The Morgan fingerprint density at radius 2 is 2.03 bits per heavy atom. The van der Waals surface area contributed by atoms with Crippen molar-refractivity contribution in [2.24, 2.45) is 0 Å². The molecule has 2 heterocycles. The molecule has 2 aromatic carbocycles. The minimum atomic E-state index is -3.80. The van der Waals surface area contributed by atoms with E-state index in [2.05, 4.69) is 21.5 Å². The van der Waals surface area contributed by atoms with Gasteiger partial charge in [-0.05, 0) is 76.4 Å². The van der Waals surface area contributed by atoms with Crippen LogP contribution in [0.5, 0.6) is 5.75 Å². The van der Waals surface area contributed by atoms with Crippen LogP contribution in [0, 0.1) is 0 Å². The number of carbonyl (C=O) groups excluding carboxylic acids is 1. The van der Waals surface area contributed by atoms with E-state index in [1.54, 1.807) is 23.0 Å². The number of aromatic nitrogens is 1. The van der Waals surface area contributed by atoms with Crippen LogP contribution in [0.1, 0.15) is 56.5 Å². The van der Waals surface area contributed by atoms with Crippen molar-refractivity contribution in [1.29, 1.82) is 0 Å². The number of ether oxygens (including phenoxy) is 2. The van der Waals surface area contributed by atoms with Gasteiger partial charge in [-0.2, -0.15) is 0 Å². The molecule has 0 amide bonds. The summed E-state index contributed by atoms with van der Waals surface area (Å²) in [7, 11) is -3.80. The Hall–Kier alpha value is -2.66. The number of thiazole rings is 1. The number of rotatable bonds is 8. The molecule has 1 aliphatic rings. The summed E-state index contributed by atoms with van der Waals surface area (Å²) in [6.07, 6.45) is 1.52. The summed E-state index contributed by atoms with van der Waals surface area (Å²) in [4.78, 5) is 18.8. The van der Waals surface area contributed by atoms with Gasteiger partial charge in [0.25, 0.3) is 10.0 Å². The van der Waals surface area contributed by atoms with Crippen LogP contribution in [0.4, 0.5) is 5.82 Å². The van der Waals surface area contributed by atoms with Crippen LogP contribution in [0.15, 0.2) is 58.3 Å². The Balaban J connectivity index is 1.34. The van der Waals surface area contributed by atoms with Gasteiger partial charge in [0.15, 0.2) is 5.82 Å². The molecule has 1 saturated heterocycles. The number of carbonyl (C=O) groups is 1. The second-order valence-corrected chi connectivity index (χ2v) is 13.2. The molecule has 4 rings (SSSR count). The zero-order chi connectivity index (χ0) is 27.5. The monoisotopic (exact) mass is 577 g/mol. The van der Waals surface area contributed by atoms with Crippen LogP contribution in [-0.2, 0) is 21.3 Å². The van der Waals surface area contributed by atoms with Gasteiger partial charge in [-0.3, -0.25) is 9.62 Å². The molecule has 1 N–H and O–H groups in total. The first-order valence-electron chi connectivity index (χ1n) is 12.3. The number of piperidine rings is 1. The Morgan fingerprint density at radius 1 is 1.24 bits per heavy atom. The summed E-state index contributed by atoms with van der Waals surface area (Å²) in [5.41, 5.74) is 2.60. The van der Waals surface area contributed by atoms with Crippen LogP contribution in [0.2, 0.25) is 5.02 Å². The van der Waals surface area contributed by atoms with Crippen molar-refractivity contribution in [1.82, 2.24) is 9.88 Å². The number of likely N-dealkylation sites (tertiary alicyclic amines) is 1. The highest BCUT2D eigenvalue weighted by Gasteiger charge is 2.28. The number of nitrogens with one attached hydrogen (secondary N) is 1. The van der Waals surface area contributed by atoms with Crippen molar-refractivity contribution in [3.63, 3.8) is 0 Å². The van der Waals surface area contributed by atoms with Crippen molar-refractivity contribution in [2.75, 3.05) is 11.3 Å². The van der Waals surface area contributed by atoms with E-state index in [0.29, 0.717) is 17.9 Å². The van der Waals surface area contributed by atoms with Crippen LogP contribution in [-0.4, -0.2) is 48.6 Å². The molecule has 1 aliphatic heterocycles. The van der Waals surface area contributed by atoms with Crippen molar-refractivity contribution in [2.45, 2.75) is 69.7 Å². The largest absolute Gasteiger partial charge is 0.489 e. The first-order valence-corrected chi connectivity index (χ1v) is 15.1. The van der Waals surface area contributed by atoms with E-state index in [-0.39, 0.29) is 33.9 Å². The van der Waals surface area contributed by atoms with Crippen molar-refractivity contribution < 1.29 is 22.7 Å². The number of hydrogen-bond acceptors (Lipinski definition) is 8. The number of esters is 1. The van der Waals surface area contributed by atoms with Gasteiger partial charge in [0.1, 0.15) is 17.5 Å². The van der Waals surface area contributed by atoms with Gasteiger partial charge >= 0.3 is 5.97 Å². The van der Waals surface area contributed by atoms with Crippen molar-refractivity contribution in [3.8, 4) is 5.75 Å². The topological polar surface area (TPSA) is 97.8 Å². The van der Waals surface area contributed by atoms with Crippen molar-refractivity contribution in [3.05, 3.63) is 69.5 Å². The average molecular weight is 578 g/mol. The molecule has 0 radical (unpaired) electrons. The number of sulfonamides is 1. The average Bonchev–Trinajstić information content (AvgIpc) is 3.33. The molecule has 0 unspecified atom stereocenters. The van der Waals surface area contributed by atoms with Gasteiger partial charge in [-0.15, -0.1) is 11.3 Å². The van der Waals surface area contributed by atoms with E-state index in [4.69, 9.17) is 21.1 Å². The lowest BCUT2D eigenvalue weighted by Gasteiger charge is -2.37. The van der Waals surface area contributed by atoms with Crippen LogP contribution >= 0.6 is 22.9 Å². The summed E-state index contributed by atoms with van der Waals surface area (Å²) in [6.45, 7) is 9.23. The lowest BCUT2D eigenvalue weighted by molar-refractivity contribution is 0.00692.